The van der Waals surface area contributed by atoms with Crippen LogP contribution in [0.4, 0.5) is 5.69 Å². The molecule has 2 nitrogen and oxygen atoms in total. The molecule has 2 aromatic carbocycles. The van der Waals surface area contributed by atoms with Crippen molar-refractivity contribution in [3.63, 3.8) is 0 Å². The summed E-state index contributed by atoms with van der Waals surface area (Å²) < 4.78 is 1.00. The van der Waals surface area contributed by atoms with E-state index in [1.165, 1.54) is 11.1 Å². The van der Waals surface area contributed by atoms with Gasteiger partial charge in [-0.25, -0.2) is 0 Å². The van der Waals surface area contributed by atoms with Gasteiger partial charge in [-0.15, -0.1) is 0 Å². The van der Waals surface area contributed by atoms with E-state index in [0.717, 1.165) is 28.0 Å². The molecule has 0 heterocycles. The number of anilines is 1. The first-order chi connectivity index (χ1) is 9.13. The van der Waals surface area contributed by atoms with Crippen molar-refractivity contribution in [2.45, 2.75) is 18.9 Å². The molecule has 1 unspecified atom stereocenters. The van der Waals surface area contributed by atoms with Gasteiger partial charge in [0.15, 0.2) is 0 Å². The number of fused-ring (bicyclic) bond motifs is 1. The Morgan fingerprint density at radius 2 is 2.05 bits per heavy atom. The van der Waals surface area contributed by atoms with Gasteiger partial charge in [0.2, 0.25) is 0 Å². The molecule has 1 aliphatic rings. The molecule has 4 heteroatoms. The minimum Gasteiger partial charge on any atom is -0.508 e. The molecule has 0 spiro atoms. The van der Waals surface area contributed by atoms with E-state index < -0.39 is 0 Å². The zero-order chi connectivity index (χ0) is 13.4. The number of rotatable bonds is 2. The number of aromatic hydroxyl groups is 1. The number of hydrogen-bond donors (Lipinski definition) is 2. The third-order valence-corrected chi connectivity index (χ3v) is 4.39. The summed E-state index contributed by atoms with van der Waals surface area (Å²) >= 11 is 9.56. The minimum atomic E-state index is 0.269. The fourth-order valence-corrected chi connectivity index (χ4v) is 3.08. The highest BCUT2D eigenvalue weighted by molar-refractivity contribution is 9.10. The molecule has 0 amide bonds. The monoisotopic (exact) mass is 337 g/mol. The van der Waals surface area contributed by atoms with Crippen LogP contribution in [0.1, 0.15) is 23.6 Å². The highest BCUT2D eigenvalue weighted by atomic mass is 79.9. The summed E-state index contributed by atoms with van der Waals surface area (Å²) in [6.07, 6.45) is 2.01. The average molecular weight is 339 g/mol. The molecule has 0 aliphatic heterocycles. The van der Waals surface area contributed by atoms with Crippen molar-refractivity contribution in [3.8, 4) is 5.75 Å². The normalized spacial score (nSPS) is 17.3. The Bertz CT molecular complexity index is 630. The van der Waals surface area contributed by atoms with Gasteiger partial charge in [-0.1, -0.05) is 17.7 Å². The van der Waals surface area contributed by atoms with Crippen LogP contribution >= 0.6 is 27.5 Å². The van der Waals surface area contributed by atoms with Crippen molar-refractivity contribution in [2.75, 3.05) is 5.32 Å². The van der Waals surface area contributed by atoms with Gasteiger partial charge in [0.05, 0.1) is 11.7 Å². The van der Waals surface area contributed by atoms with Crippen LogP contribution in [0.2, 0.25) is 5.02 Å². The first-order valence-corrected chi connectivity index (χ1v) is 7.34. The maximum atomic E-state index is 9.51. The lowest BCUT2D eigenvalue weighted by Gasteiger charge is -2.17. The van der Waals surface area contributed by atoms with Crippen LogP contribution in [0.5, 0.6) is 5.75 Å². The van der Waals surface area contributed by atoms with Crippen LogP contribution < -0.4 is 5.32 Å². The maximum Gasteiger partial charge on any atom is 0.115 e. The molecule has 0 radical (unpaired) electrons. The first kappa shape index (κ1) is 12.8. The minimum absolute atomic E-state index is 0.269. The molecule has 3 rings (SSSR count). The van der Waals surface area contributed by atoms with E-state index in [-0.39, 0.29) is 6.04 Å². The molecule has 19 heavy (non-hydrogen) atoms. The topological polar surface area (TPSA) is 32.3 Å². The Balaban J connectivity index is 1.88. The summed E-state index contributed by atoms with van der Waals surface area (Å²) in [4.78, 5) is 0. The van der Waals surface area contributed by atoms with E-state index in [4.69, 9.17) is 11.6 Å². The molecule has 2 N–H and O–H groups in total. The second-order valence-electron chi connectivity index (χ2n) is 4.74. The second kappa shape index (κ2) is 5.06. The van der Waals surface area contributed by atoms with Crippen molar-refractivity contribution in [2.24, 2.45) is 0 Å². The molecule has 0 saturated heterocycles. The van der Waals surface area contributed by atoms with E-state index in [2.05, 4.69) is 21.2 Å². The number of nitrogens with one attached hydrogen (secondary N) is 1. The van der Waals surface area contributed by atoms with Gasteiger partial charge in [-0.3, -0.25) is 0 Å². The van der Waals surface area contributed by atoms with Gasteiger partial charge in [0, 0.05) is 9.50 Å². The highest BCUT2D eigenvalue weighted by Gasteiger charge is 2.23. The number of hydrogen-bond acceptors (Lipinski definition) is 2. The summed E-state index contributed by atoms with van der Waals surface area (Å²) in [6.45, 7) is 0. The molecular formula is C15H13BrClNO. The lowest BCUT2D eigenvalue weighted by atomic mass is 10.1. The predicted octanol–water partition coefficient (Wildman–Crippen LogP) is 4.91. The maximum absolute atomic E-state index is 9.51. The summed E-state index contributed by atoms with van der Waals surface area (Å²) in [7, 11) is 0. The van der Waals surface area contributed by atoms with Gasteiger partial charge in [-0.05, 0) is 70.2 Å². The first-order valence-electron chi connectivity index (χ1n) is 6.17. The van der Waals surface area contributed by atoms with E-state index in [0.29, 0.717) is 5.75 Å². The highest BCUT2D eigenvalue weighted by Crippen LogP contribution is 2.37. The van der Waals surface area contributed by atoms with E-state index in [9.17, 15) is 5.11 Å². The van der Waals surface area contributed by atoms with E-state index in [1.54, 1.807) is 6.07 Å². The molecule has 98 valence electrons. The number of phenols is 1. The Morgan fingerprint density at radius 3 is 2.89 bits per heavy atom. The fourth-order valence-electron chi connectivity index (χ4n) is 2.55. The molecule has 0 fully saturated rings. The second-order valence-corrected chi connectivity index (χ2v) is 6.03. The Morgan fingerprint density at radius 1 is 1.21 bits per heavy atom. The van der Waals surface area contributed by atoms with Gasteiger partial charge in [0.1, 0.15) is 5.75 Å². The molecule has 1 aliphatic carbocycles. The number of benzene rings is 2. The number of aryl methyl sites for hydroxylation is 1. The van der Waals surface area contributed by atoms with Crippen molar-refractivity contribution in [1.29, 1.82) is 0 Å². The summed E-state index contributed by atoms with van der Waals surface area (Å²) in [5, 5.41) is 13.7. The molecule has 0 saturated carbocycles. The van der Waals surface area contributed by atoms with E-state index >= 15 is 0 Å². The van der Waals surface area contributed by atoms with Gasteiger partial charge in [-0.2, -0.15) is 0 Å². The predicted molar refractivity (Wildman–Crippen MR) is 81.9 cm³/mol. The summed E-state index contributed by atoms with van der Waals surface area (Å²) in [5.74, 6) is 0.336. The standard InChI is InChI=1S/C15H13BrClNO/c16-13-5-2-10(17)8-15(13)18-14-6-1-9-7-11(19)3-4-12(9)14/h2-5,7-8,14,18-19H,1,6H2. The third kappa shape index (κ3) is 2.58. The molecule has 2 aromatic rings. The van der Waals surface area contributed by atoms with Gasteiger partial charge >= 0.3 is 0 Å². The van der Waals surface area contributed by atoms with Crippen LogP contribution in [-0.4, -0.2) is 5.11 Å². The van der Waals surface area contributed by atoms with Crippen LogP contribution in [0.15, 0.2) is 40.9 Å². The lowest BCUT2D eigenvalue weighted by molar-refractivity contribution is 0.474. The number of halogens is 2. The Hall–Kier alpha value is -1.19. The van der Waals surface area contributed by atoms with Crippen molar-refractivity contribution in [1.82, 2.24) is 0 Å². The SMILES string of the molecule is Oc1ccc2c(c1)CCC2Nc1cc(Cl)ccc1Br. The summed E-state index contributed by atoms with van der Waals surface area (Å²) in [5.41, 5.74) is 3.47. The molecule has 0 aromatic heterocycles. The summed E-state index contributed by atoms with van der Waals surface area (Å²) in [6, 6.07) is 11.6. The zero-order valence-electron chi connectivity index (χ0n) is 10.2. The third-order valence-electron chi connectivity index (χ3n) is 3.46. The smallest absolute Gasteiger partial charge is 0.115 e. The Labute approximate surface area is 125 Å². The fraction of sp³-hybridized carbons (Fsp3) is 0.200. The van der Waals surface area contributed by atoms with Crippen LogP contribution in [0, 0.1) is 0 Å². The van der Waals surface area contributed by atoms with Crippen LogP contribution in [-0.2, 0) is 6.42 Å². The number of phenolic OH excluding ortho intramolecular Hbond substituents is 1. The van der Waals surface area contributed by atoms with Crippen LogP contribution in [0.3, 0.4) is 0 Å². The van der Waals surface area contributed by atoms with Crippen molar-refractivity contribution < 1.29 is 5.11 Å². The lowest BCUT2D eigenvalue weighted by Crippen LogP contribution is -2.07. The average Bonchev–Trinajstić information content (AvgIpc) is 2.76. The van der Waals surface area contributed by atoms with Crippen molar-refractivity contribution in [3.05, 3.63) is 57.0 Å². The zero-order valence-corrected chi connectivity index (χ0v) is 12.5. The molecule has 0 bridgehead atoms. The quantitative estimate of drug-likeness (QED) is 0.815. The molecule has 1 atom stereocenters. The van der Waals surface area contributed by atoms with Gasteiger partial charge in [0.25, 0.3) is 0 Å². The Kier molecular flexibility index (Phi) is 3.42. The van der Waals surface area contributed by atoms with Gasteiger partial charge < -0.3 is 10.4 Å². The van der Waals surface area contributed by atoms with Crippen molar-refractivity contribution >= 4 is 33.2 Å². The van der Waals surface area contributed by atoms with E-state index in [1.807, 2.05) is 30.3 Å². The largest absolute Gasteiger partial charge is 0.508 e. The molecular weight excluding hydrogens is 326 g/mol. The van der Waals surface area contributed by atoms with Crippen LogP contribution in [0.25, 0.3) is 0 Å².